The van der Waals surface area contributed by atoms with Gasteiger partial charge in [-0.15, -0.1) is 11.3 Å². The van der Waals surface area contributed by atoms with Gasteiger partial charge in [0, 0.05) is 30.2 Å². The number of rotatable bonds is 8. The molecule has 1 amide bonds. The van der Waals surface area contributed by atoms with Crippen molar-refractivity contribution in [3.63, 3.8) is 0 Å². The molecule has 0 bridgehead atoms. The Bertz CT molecular complexity index is 392. The molecule has 1 heterocycles. The van der Waals surface area contributed by atoms with Crippen molar-refractivity contribution in [2.24, 2.45) is 0 Å². The van der Waals surface area contributed by atoms with Crippen molar-refractivity contribution in [1.29, 1.82) is 0 Å². The second-order valence-corrected chi connectivity index (χ2v) is 6.07. The summed E-state index contributed by atoms with van der Waals surface area (Å²) >= 11 is 1.65. The van der Waals surface area contributed by atoms with E-state index >= 15 is 0 Å². The Morgan fingerprint density at radius 1 is 1.53 bits per heavy atom. The summed E-state index contributed by atoms with van der Waals surface area (Å²) < 4.78 is 0. The van der Waals surface area contributed by atoms with E-state index < -0.39 is 0 Å². The maximum absolute atomic E-state index is 11.6. The molecular formula is C13H24N4OS. The number of nitrogens with one attached hydrogen (secondary N) is 2. The van der Waals surface area contributed by atoms with Gasteiger partial charge in [0.15, 0.2) is 5.13 Å². The minimum Gasteiger partial charge on any atom is -0.362 e. The second-order valence-electron chi connectivity index (χ2n) is 4.95. The molecule has 0 aliphatic carbocycles. The zero-order chi connectivity index (χ0) is 14.3. The first-order chi connectivity index (χ1) is 9.01. The van der Waals surface area contributed by atoms with Crippen molar-refractivity contribution in [2.75, 3.05) is 25.5 Å². The van der Waals surface area contributed by atoms with Crippen LogP contribution in [0.3, 0.4) is 0 Å². The molecule has 0 unspecified atom stereocenters. The molecule has 1 aromatic heterocycles. The van der Waals surface area contributed by atoms with E-state index in [0.29, 0.717) is 6.54 Å². The van der Waals surface area contributed by atoms with E-state index in [2.05, 4.69) is 22.5 Å². The van der Waals surface area contributed by atoms with Gasteiger partial charge in [0.05, 0.1) is 6.54 Å². The molecule has 1 rings (SSSR count). The average molecular weight is 284 g/mol. The van der Waals surface area contributed by atoms with Crippen LogP contribution in [0.5, 0.6) is 0 Å². The van der Waals surface area contributed by atoms with Crippen LogP contribution in [0.2, 0.25) is 0 Å². The van der Waals surface area contributed by atoms with Crippen LogP contribution in [0.25, 0.3) is 0 Å². The molecular weight excluding hydrogens is 260 g/mol. The Balaban J connectivity index is 2.37. The van der Waals surface area contributed by atoms with Crippen molar-refractivity contribution in [1.82, 2.24) is 15.2 Å². The number of amides is 1. The molecule has 1 aromatic rings. The van der Waals surface area contributed by atoms with Gasteiger partial charge in [0.2, 0.25) is 5.91 Å². The number of aromatic nitrogens is 1. The van der Waals surface area contributed by atoms with Gasteiger partial charge < -0.3 is 10.6 Å². The first-order valence-electron chi connectivity index (χ1n) is 6.67. The summed E-state index contributed by atoms with van der Waals surface area (Å²) in [4.78, 5) is 19.1. The average Bonchev–Trinajstić information content (AvgIpc) is 2.72. The summed E-state index contributed by atoms with van der Waals surface area (Å²) in [6.07, 6.45) is 2.96. The zero-order valence-electron chi connectivity index (χ0n) is 12.2. The quantitative estimate of drug-likeness (QED) is 0.766. The summed E-state index contributed by atoms with van der Waals surface area (Å²) in [5.41, 5.74) is 0. The Kier molecular flexibility index (Phi) is 6.80. The Morgan fingerprint density at radius 2 is 2.26 bits per heavy atom. The van der Waals surface area contributed by atoms with Crippen LogP contribution in [-0.4, -0.2) is 42.0 Å². The van der Waals surface area contributed by atoms with Gasteiger partial charge in [0.25, 0.3) is 0 Å². The van der Waals surface area contributed by atoms with Gasteiger partial charge in [0.1, 0.15) is 0 Å². The van der Waals surface area contributed by atoms with Crippen LogP contribution in [0.15, 0.2) is 6.20 Å². The van der Waals surface area contributed by atoms with Gasteiger partial charge in [-0.3, -0.25) is 9.69 Å². The molecule has 0 atom stereocenters. The lowest BCUT2D eigenvalue weighted by Crippen LogP contribution is -2.38. The highest BCUT2D eigenvalue weighted by atomic mass is 32.1. The van der Waals surface area contributed by atoms with Crippen LogP contribution < -0.4 is 10.6 Å². The van der Waals surface area contributed by atoms with E-state index in [9.17, 15) is 4.79 Å². The van der Waals surface area contributed by atoms with Crippen molar-refractivity contribution in [3.8, 4) is 0 Å². The second kappa shape index (κ2) is 8.12. The molecule has 6 heteroatoms. The van der Waals surface area contributed by atoms with Gasteiger partial charge in [-0.25, -0.2) is 4.98 Å². The van der Waals surface area contributed by atoms with Gasteiger partial charge in [-0.05, 0) is 27.3 Å². The number of likely N-dealkylation sites (N-methyl/N-ethyl adjacent to an activating group) is 1. The van der Waals surface area contributed by atoms with Crippen molar-refractivity contribution < 1.29 is 4.79 Å². The highest BCUT2D eigenvalue weighted by Gasteiger charge is 2.09. The number of thiazole rings is 1. The first-order valence-corrected chi connectivity index (χ1v) is 7.49. The summed E-state index contributed by atoms with van der Waals surface area (Å²) in [5.74, 6) is 0.0614. The lowest BCUT2D eigenvalue weighted by atomic mass is 10.3. The van der Waals surface area contributed by atoms with Crippen molar-refractivity contribution >= 4 is 22.4 Å². The molecule has 0 radical (unpaired) electrons. The molecule has 0 aromatic carbocycles. The third kappa shape index (κ3) is 6.54. The fourth-order valence-corrected chi connectivity index (χ4v) is 2.55. The molecule has 2 N–H and O–H groups in total. The standard InChI is InChI=1S/C13H24N4OS/c1-5-6-14-13-15-7-11(19-13)8-17(4)9-12(18)16-10(2)3/h7,10H,5-6,8-9H2,1-4H3,(H,14,15)(H,16,18). The van der Waals surface area contributed by atoms with Crippen LogP contribution in [-0.2, 0) is 11.3 Å². The fraction of sp³-hybridized carbons (Fsp3) is 0.692. The molecule has 0 aliphatic heterocycles. The molecule has 0 saturated carbocycles. The fourth-order valence-electron chi connectivity index (χ4n) is 1.63. The molecule has 0 saturated heterocycles. The van der Waals surface area contributed by atoms with E-state index in [0.717, 1.165) is 24.6 Å². The van der Waals surface area contributed by atoms with Crippen molar-refractivity contribution in [3.05, 3.63) is 11.1 Å². The van der Waals surface area contributed by atoms with Crippen molar-refractivity contribution in [2.45, 2.75) is 39.8 Å². The highest BCUT2D eigenvalue weighted by molar-refractivity contribution is 7.15. The number of hydrogen-bond acceptors (Lipinski definition) is 5. The Labute approximate surface area is 119 Å². The number of nitrogens with zero attached hydrogens (tertiary/aromatic N) is 2. The lowest BCUT2D eigenvalue weighted by Gasteiger charge is -2.16. The minimum absolute atomic E-state index is 0.0614. The SMILES string of the molecule is CCCNc1ncc(CN(C)CC(=O)NC(C)C)s1. The Hall–Kier alpha value is -1.14. The summed E-state index contributed by atoms with van der Waals surface area (Å²) in [6.45, 7) is 8.16. The number of carbonyl (C=O) groups excluding carboxylic acids is 1. The first kappa shape index (κ1) is 15.9. The number of anilines is 1. The predicted octanol–water partition coefficient (Wildman–Crippen LogP) is 1.92. The van der Waals surface area contributed by atoms with Gasteiger partial charge in [-0.1, -0.05) is 6.92 Å². The normalized spacial score (nSPS) is 11.1. The number of carbonyl (C=O) groups is 1. The summed E-state index contributed by atoms with van der Waals surface area (Å²) in [6, 6.07) is 0.189. The van der Waals surface area contributed by atoms with Crippen LogP contribution >= 0.6 is 11.3 Å². The van der Waals surface area contributed by atoms with E-state index in [1.54, 1.807) is 11.3 Å². The summed E-state index contributed by atoms with van der Waals surface area (Å²) in [5, 5.41) is 7.11. The van der Waals surface area contributed by atoms with E-state index in [4.69, 9.17) is 0 Å². The lowest BCUT2D eigenvalue weighted by molar-refractivity contribution is -0.122. The maximum Gasteiger partial charge on any atom is 0.234 e. The Morgan fingerprint density at radius 3 is 2.89 bits per heavy atom. The number of hydrogen-bond donors (Lipinski definition) is 2. The van der Waals surface area contributed by atoms with E-state index in [-0.39, 0.29) is 11.9 Å². The molecule has 0 aliphatic rings. The largest absolute Gasteiger partial charge is 0.362 e. The molecule has 0 spiro atoms. The third-order valence-electron chi connectivity index (χ3n) is 2.37. The topological polar surface area (TPSA) is 57.3 Å². The van der Waals surface area contributed by atoms with Crippen LogP contribution in [0.4, 0.5) is 5.13 Å². The zero-order valence-corrected chi connectivity index (χ0v) is 13.0. The van der Waals surface area contributed by atoms with Gasteiger partial charge in [-0.2, -0.15) is 0 Å². The van der Waals surface area contributed by atoms with Crippen LogP contribution in [0.1, 0.15) is 32.1 Å². The smallest absolute Gasteiger partial charge is 0.234 e. The van der Waals surface area contributed by atoms with E-state index in [1.165, 1.54) is 4.88 Å². The molecule has 0 fully saturated rings. The molecule has 19 heavy (non-hydrogen) atoms. The van der Waals surface area contributed by atoms with E-state index in [1.807, 2.05) is 32.0 Å². The summed E-state index contributed by atoms with van der Waals surface area (Å²) in [7, 11) is 1.94. The van der Waals surface area contributed by atoms with Gasteiger partial charge >= 0.3 is 0 Å². The minimum atomic E-state index is 0.0614. The maximum atomic E-state index is 11.6. The molecule has 108 valence electrons. The monoisotopic (exact) mass is 284 g/mol. The predicted molar refractivity (Wildman–Crippen MR) is 80.5 cm³/mol. The highest BCUT2D eigenvalue weighted by Crippen LogP contribution is 2.19. The third-order valence-corrected chi connectivity index (χ3v) is 3.31. The molecule has 5 nitrogen and oxygen atoms in total. The van der Waals surface area contributed by atoms with Crippen LogP contribution in [0, 0.1) is 0 Å².